The van der Waals surface area contributed by atoms with E-state index in [2.05, 4.69) is 24.8 Å². The van der Waals surface area contributed by atoms with Gasteiger partial charge in [0.2, 0.25) is 0 Å². The number of amides is 2. The number of urea groups is 1. The second-order valence-electron chi connectivity index (χ2n) is 10.4. The number of ether oxygens (including phenoxy) is 1. The van der Waals surface area contributed by atoms with Gasteiger partial charge in [0, 0.05) is 29.7 Å². The molecule has 2 aliphatic carbocycles. The largest absolute Gasteiger partial charge is 0.463 e. The summed E-state index contributed by atoms with van der Waals surface area (Å²) in [5.74, 6) is 0. The van der Waals surface area contributed by atoms with Crippen LogP contribution < -0.4 is 5.32 Å². The van der Waals surface area contributed by atoms with E-state index in [0.717, 1.165) is 17.2 Å². The molecule has 216 valence electrons. The van der Waals surface area contributed by atoms with Crippen molar-refractivity contribution in [1.82, 2.24) is 14.8 Å². The number of nitrogens with zero attached hydrogens (tertiary/aromatic N) is 3. The fourth-order valence-corrected chi connectivity index (χ4v) is 6.65. The van der Waals surface area contributed by atoms with Crippen molar-refractivity contribution in [2.24, 2.45) is 0 Å². The van der Waals surface area contributed by atoms with E-state index in [9.17, 15) is 9.59 Å². The van der Waals surface area contributed by atoms with Crippen LogP contribution in [-0.2, 0) is 22.7 Å². The maximum Gasteiger partial charge on any atom is 0.324 e. The minimum atomic E-state index is 0.0934. The summed E-state index contributed by atoms with van der Waals surface area (Å²) in [6.45, 7) is 8.17. The zero-order valence-electron chi connectivity index (χ0n) is 24.0. The quantitative estimate of drug-likeness (QED) is 0.339. The molecule has 8 heteroatoms. The Kier molecular flexibility index (Phi) is 14.3. The number of hydrogen-bond donors (Lipinski definition) is 1. The van der Waals surface area contributed by atoms with Gasteiger partial charge in [-0.2, -0.15) is 0 Å². The van der Waals surface area contributed by atoms with Crippen molar-refractivity contribution in [2.75, 3.05) is 18.4 Å². The van der Waals surface area contributed by atoms with Crippen molar-refractivity contribution in [3.05, 3.63) is 47.0 Å². The fraction of sp³-hybridized carbons (Fsp3) is 0.645. The Morgan fingerprint density at radius 2 is 1.56 bits per heavy atom. The lowest BCUT2D eigenvalue weighted by Gasteiger charge is -2.41. The molecule has 2 amide bonds. The molecule has 7 nitrogen and oxygen atoms in total. The van der Waals surface area contributed by atoms with Crippen LogP contribution in [0.1, 0.15) is 101 Å². The number of carbonyl (C=O) groups is 2. The van der Waals surface area contributed by atoms with Gasteiger partial charge in [-0.3, -0.25) is 15.0 Å². The molecule has 3 aliphatic rings. The summed E-state index contributed by atoms with van der Waals surface area (Å²) in [5.41, 5.74) is 1.01. The molecular formula is C31H48N4O3S. The number of carbonyl (C=O) groups excluding carboxylic acids is 2. The molecule has 0 radical (unpaired) electrons. The van der Waals surface area contributed by atoms with E-state index >= 15 is 0 Å². The average Bonchev–Trinajstić information content (AvgIpc) is 3.67. The van der Waals surface area contributed by atoms with Gasteiger partial charge in [0.25, 0.3) is 6.47 Å². The normalized spacial score (nSPS) is 18.2. The van der Waals surface area contributed by atoms with E-state index in [1.165, 1.54) is 95.0 Å². The second-order valence-corrected chi connectivity index (χ2v) is 11.5. The first-order valence-corrected chi connectivity index (χ1v) is 15.9. The molecule has 1 aromatic carbocycles. The predicted octanol–water partition coefficient (Wildman–Crippen LogP) is 7.62. The number of likely N-dealkylation sites (tertiary alicyclic amines) is 1. The summed E-state index contributed by atoms with van der Waals surface area (Å²) in [5, 5.41) is 3.93. The lowest BCUT2D eigenvalue weighted by molar-refractivity contribution is -0.129. The standard InChI is InChI=1S/C21H34N4OS.C8H8O2.C2H6/c26-21(23-20-22-15-19(27-20)16-24-13-7-8-14-24)25(17-9-3-1-4-10-17)18-11-5-2-6-12-18;9-7-10-6-8-4-2-1-3-5-8;1-2/h15,17-18H,1-14,16H2,(H,22,23,26);1-5,7H,6H2;1-2H3. The first-order chi connectivity index (χ1) is 19.2. The smallest absolute Gasteiger partial charge is 0.324 e. The molecule has 2 heterocycles. The number of aromatic nitrogens is 1. The van der Waals surface area contributed by atoms with Crippen LogP contribution in [0.25, 0.3) is 0 Å². The number of nitrogens with one attached hydrogen (secondary N) is 1. The molecule has 1 saturated heterocycles. The van der Waals surface area contributed by atoms with Crippen LogP contribution in [-0.4, -0.2) is 52.5 Å². The van der Waals surface area contributed by atoms with E-state index in [4.69, 9.17) is 0 Å². The third-order valence-corrected chi connectivity index (χ3v) is 8.57. The fourth-order valence-electron chi connectivity index (χ4n) is 5.81. The van der Waals surface area contributed by atoms with Crippen molar-refractivity contribution < 1.29 is 14.3 Å². The molecule has 0 unspecified atom stereocenters. The van der Waals surface area contributed by atoms with Gasteiger partial charge < -0.3 is 9.64 Å². The molecule has 0 bridgehead atoms. The van der Waals surface area contributed by atoms with E-state index in [0.29, 0.717) is 25.2 Å². The van der Waals surface area contributed by atoms with Gasteiger partial charge in [0.15, 0.2) is 5.13 Å². The number of hydrogen-bond acceptors (Lipinski definition) is 6. The number of rotatable bonds is 8. The monoisotopic (exact) mass is 556 g/mol. The molecular weight excluding hydrogens is 508 g/mol. The van der Waals surface area contributed by atoms with Crippen molar-refractivity contribution in [2.45, 2.75) is 116 Å². The van der Waals surface area contributed by atoms with Crippen LogP contribution in [0.4, 0.5) is 9.93 Å². The van der Waals surface area contributed by atoms with Gasteiger partial charge in [-0.25, -0.2) is 9.78 Å². The van der Waals surface area contributed by atoms with Crippen LogP contribution in [0, 0.1) is 0 Å². The Morgan fingerprint density at radius 3 is 2.13 bits per heavy atom. The summed E-state index contributed by atoms with van der Waals surface area (Å²) >= 11 is 1.65. The molecule has 0 atom stereocenters. The molecule has 0 spiro atoms. The molecule has 2 saturated carbocycles. The molecule has 1 aliphatic heterocycles. The highest BCUT2D eigenvalue weighted by molar-refractivity contribution is 7.15. The van der Waals surface area contributed by atoms with Crippen molar-refractivity contribution >= 4 is 29.0 Å². The minimum Gasteiger partial charge on any atom is -0.463 e. The van der Waals surface area contributed by atoms with Crippen molar-refractivity contribution in [3.8, 4) is 0 Å². The highest BCUT2D eigenvalue weighted by Crippen LogP contribution is 2.31. The Bertz CT molecular complexity index is 918. The Morgan fingerprint density at radius 1 is 0.974 bits per heavy atom. The Balaban J connectivity index is 0.000000294. The summed E-state index contributed by atoms with van der Waals surface area (Å²) < 4.78 is 4.54. The van der Waals surface area contributed by atoms with Crippen LogP contribution >= 0.6 is 11.3 Å². The Labute approximate surface area is 239 Å². The highest BCUT2D eigenvalue weighted by Gasteiger charge is 2.32. The zero-order chi connectivity index (χ0) is 27.7. The average molecular weight is 557 g/mol. The molecule has 1 N–H and O–H groups in total. The van der Waals surface area contributed by atoms with Gasteiger partial charge in [0.05, 0.1) is 0 Å². The highest BCUT2D eigenvalue weighted by atomic mass is 32.1. The Hall–Kier alpha value is -2.45. The van der Waals surface area contributed by atoms with E-state index in [1.54, 1.807) is 11.3 Å². The van der Waals surface area contributed by atoms with Gasteiger partial charge in [0.1, 0.15) is 6.61 Å². The maximum absolute atomic E-state index is 13.2. The molecule has 3 fully saturated rings. The van der Waals surface area contributed by atoms with Crippen LogP contribution in [0.3, 0.4) is 0 Å². The minimum absolute atomic E-state index is 0.0934. The topological polar surface area (TPSA) is 74.8 Å². The summed E-state index contributed by atoms with van der Waals surface area (Å²) in [7, 11) is 0. The lowest BCUT2D eigenvalue weighted by atomic mass is 9.89. The third kappa shape index (κ3) is 10.6. The number of thiazole rings is 1. The van der Waals surface area contributed by atoms with Crippen LogP contribution in [0.15, 0.2) is 36.5 Å². The molecule has 5 rings (SSSR count). The van der Waals surface area contributed by atoms with E-state index in [1.807, 2.05) is 50.4 Å². The predicted molar refractivity (Wildman–Crippen MR) is 160 cm³/mol. The third-order valence-electron chi connectivity index (χ3n) is 7.68. The van der Waals surface area contributed by atoms with Gasteiger partial charge in [-0.05, 0) is 57.2 Å². The summed E-state index contributed by atoms with van der Waals surface area (Å²) in [6.07, 6.45) is 16.9. The van der Waals surface area contributed by atoms with Gasteiger partial charge >= 0.3 is 6.03 Å². The zero-order valence-corrected chi connectivity index (χ0v) is 24.8. The van der Waals surface area contributed by atoms with Crippen LogP contribution in [0.2, 0.25) is 0 Å². The first kappa shape index (κ1) is 31.1. The van der Waals surface area contributed by atoms with E-state index < -0.39 is 0 Å². The van der Waals surface area contributed by atoms with Crippen LogP contribution in [0.5, 0.6) is 0 Å². The number of anilines is 1. The summed E-state index contributed by atoms with van der Waals surface area (Å²) in [6, 6.07) is 10.5. The second kappa shape index (κ2) is 18.0. The molecule has 1 aromatic heterocycles. The molecule has 39 heavy (non-hydrogen) atoms. The maximum atomic E-state index is 13.2. The van der Waals surface area contributed by atoms with Gasteiger partial charge in [-0.1, -0.05) is 82.7 Å². The first-order valence-electron chi connectivity index (χ1n) is 15.1. The van der Waals surface area contributed by atoms with Crippen molar-refractivity contribution in [1.29, 1.82) is 0 Å². The SMILES string of the molecule is CC.O=C(Nc1ncc(CN2CCCC2)s1)N(C1CCCCC1)C1CCCCC1.O=COCc1ccccc1. The number of benzene rings is 1. The lowest BCUT2D eigenvalue weighted by Crippen LogP contribution is -2.50. The van der Waals surface area contributed by atoms with E-state index in [-0.39, 0.29) is 6.03 Å². The van der Waals surface area contributed by atoms with Gasteiger partial charge in [-0.15, -0.1) is 11.3 Å². The molecule has 2 aromatic rings. The summed E-state index contributed by atoms with van der Waals surface area (Å²) in [4.78, 5) is 33.5. The van der Waals surface area contributed by atoms with Crippen molar-refractivity contribution in [3.63, 3.8) is 0 Å².